The molecular formula is C17H25NO2Si. The van der Waals surface area contributed by atoms with Gasteiger partial charge < -0.3 is 9.47 Å². The number of benzene rings is 1. The molecule has 0 unspecified atom stereocenters. The molecule has 0 aliphatic carbocycles. The van der Waals surface area contributed by atoms with Crippen LogP contribution in [0.15, 0.2) is 24.3 Å². The van der Waals surface area contributed by atoms with Crippen LogP contribution in [-0.4, -0.2) is 39.2 Å². The normalized spacial score (nSPS) is 15.4. The van der Waals surface area contributed by atoms with Crippen LogP contribution < -0.4 is 9.47 Å². The largest absolute Gasteiger partial charge is 0.492 e. The zero-order valence-electron chi connectivity index (χ0n) is 13.3. The van der Waals surface area contributed by atoms with Crippen LogP contribution in [0.2, 0.25) is 19.6 Å². The predicted molar refractivity (Wildman–Crippen MR) is 89.4 cm³/mol. The summed E-state index contributed by atoms with van der Waals surface area (Å²) in [6.45, 7) is 10.8. The number of rotatable bonds is 5. The molecule has 1 aromatic carbocycles. The van der Waals surface area contributed by atoms with Crippen molar-refractivity contribution in [3.05, 3.63) is 24.3 Å². The monoisotopic (exact) mass is 303 g/mol. The van der Waals surface area contributed by atoms with Gasteiger partial charge in [-0.05, 0) is 50.2 Å². The Morgan fingerprint density at radius 3 is 2.29 bits per heavy atom. The lowest BCUT2D eigenvalue weighted by Gasteiger charge is -2.14. The number of likely N-dealkylation sites (tertiary alicyclic amines) is 1. The van der Waals surface area contributed by atoms with Crippen molar-refractivity contribution < 1.29 is 9.47 Å². The summed E-state index contributed by atoms with van der Waals surface area (Å²) in [5.41, 5.74) is 3.18. The van der Waals surface area contributed by atoms with Gasteiger partial charge in [0.2, 0.25) is 0 Å². The van der Waals surface area contributed by atoms with Crippen LogP contribution in [0.5, 0.6) is 11.5 Å². The molecule has 0 saturated carbocycles. The first-order valence-electron chi connectivity index (χ1n) is 7.67. The van der Waals surface area contributed by atoms with Gasteiger partial charge in [0, 0.05) is 6.54 Å². The van der Waals surface area contributed by atoms with Crippen LogP contribution in [0, 0.1) is 11.7 Å². The highest BCUT2D eigenvalue weighted by Gasteiger charge is 2.10. The van der Waals surface area contributed by atoms with Crippen LogP contribution in [-0.2, 0) is 0 Å². The number of ether oxygens (including phenoxy) is 2. The van der Waals surface area contributed by atoms with E-state index in [0.29, 0.717) is 0 Å². The van der Waals surface area contributed by atoms with E-state index in [0.717, 1.165) is 24.7 Å². The van der Waals surface area contributed by atoms with Crippen LogP contribution in [0.1, 0.15) is 12.8 Å². The van der Waals surface area contributed by atoms with Gasteiger partial charge in [-0.3, -0.25) is 4.90 Å². The predicted octanol–water partition coefficient (Wildman–Crippen LogP) is 3.38. The van der Waals surface area contributed by atoms with Crippen molar-refractivity contribution in [3.8, 4) is 23.1 Å². The molecular weight excluding hydrogens is 278 g/mol. The van der Waals surface area contributed by atoms with Crippen molar-refractivity contribution in [1.29, 1.82) is 0 Å². The van der Waals surface area contributed by atoms with Crippen molar-refractivity contribution in [2.24, 2.45) is 0 Å². The quantitative estimate of drug-likeness (QED) is 0.615. The van der Waals surface area contributed by atoms with Gasteiger partial charge in [0.05, 0.1) is 0 Å². The average molecular weight is 303 g/mol. The minimum Gasteiger partial charge on any atom is -0.492 e. The Hall–Kier alpha value is -1.44. The summed E-state index contributed by atoms with van der Waals surface area (Å²) in [7, 11) is -1.37. The molecule has 1 aliphatic rings. The Morgan fingerprint density at radius 1 is 1.05 bits per heavy atom. The molecule has 0 spiro atoms. The zero-order valence-corrected chi connectivity index (χ0v) is 14.3. The standard InChI is InChI=1S/C17H25NO2Si/c1-21(2,3)15-14-20-17-8-6-16(7-9-17)19-13-12-18-10-4-5-11-18/h6-9H,4-5,10-13H2,1-3H3. The molecule has 1 fully saturated rings. The first-order valence-corrected chi connectivity index (χ1v) is 11.2. The molecule has 0 aromatic heterocycles. The highest BCUT2D eigenvalue weighted by atomic mass is 28.3. The summed E-state index contributed by atoms with van der Waals surface area (Å²) in [5, 5.41) is 0. The van der Waals surface area contributed by atoms with Gasteiger partial charge in [0.25, 0.3) is 0 Å². The van der Waals surface area contributed by atoms with Crippen molar-refractivity contribution in [1.82, 2.24) is 4.90 Å². The molecule has 0 bridgehead atoms. The van der Waals surface area contributed by atoms with E-state index < -0.39 is 8.07 Å². The first kappa shape index (κ1) is 15.9. The summed E-state index contributed by atoms with van der Waals surface area (Å²) >= 11 is 0. The summed E-state index contributed by atoms with van der Waals surface area (Å²) in [5.74, 6) is 1.66. The molecule has 4 heteroatoms. The van der Waals surface area contributed by atoms with E-state index >= 15 is 0 Å². The van der Waals surface area contributed by atoms with E-state index in [1.807, 2.05) is 24.3 Å². The second kappa shape index (κ2) is 7.53. The second-order valence-corrected chi connectivity index (χ2v) is 11.2. The maximum absolute atomic E-state index is 5.76. The van der Waals surface area contributed by atoms with Gasteiger partial charge in [-0.15, -0.1) is 0 Å². The van der Waals surface area contributed by atoms with Gasteiger partial charge in [-0.2, -0.15) is 0 Å². The summed E-state index contributed by atoms with van der Waals surface area (Å²) in [6.07, 6.45) is 5.45. The minimum atomic E-state index is -1.37. The molecule has 114 valence electrons. The lowest BCUT2D eigenvalue weighted by atomic mass is 10.3. The van der Waals surface area contributed by atoms with Crippen LogP contribution in [0.4, 0.5) is 0 Å². The van der Waals surface area contributed by atoms with E-state index in [1.54, 1.807) is 0 Å². The zero-order chi connectivity index (χ0) is 15.1. The highest BCUT2D eigenvalue weighted by Crippen LogP contribution is 2.17. The maximum atomic E-state index is 5.76. The maximum Gasteiger partial charge on any atom is 0.140 e. The Labute approximate surface area is 129 Å². The SMILES string of the molecule is C[Si](C)(C)C#COc1ccc(OCCN2CCCC2)cc1. The Kier molecular flexibility index (Phi) is 5.72. The molecule has 1 aromatic rings. The van der Waals surface area contributed by atoms with E-state index in [2.05, 4.69) is 36.2 Å². The number of hydrogen-bond donors (Lipinski definition) is 0. The minimum absolute atomic E-state index is 0.746. The van der Waals surface area contributed by atoms with Gasteiger partial charge in [0.1, 0.15) is 32.3 Å². The molecule has 0 amide bonds. The van der Waals surface area contributed by atoms with Gasteiger partial charge in [0.15, 0.2) is 0 Å². The summed E-state index contributed by atoms with van der Waals surface area (Å²) in [4.78, 5) is 2.45. The number of hydrogen-bond acceptors (Lipinski definition) is 3. The second-order valence-electron chi connectivity index (χ2n) is 6.45. The molecule has 2 rings (SSSR count). The smallest absolute Gasteiger partial charge is 0.140 e. The summed E-state index contributed by atoms with van der Waals surface area (Å²) in [6, 6.07) is 7.69. The Morgan fingerprint density at radius 2 is 1.67 bits per heavy atom. The van der Waals surface area contributed by atoms with Gasteiger partial charge in [-0.1, -0.05) is 25.2 Å². The van der Waals surface area contributed by atoms with Gasteiger partial charge in [-0.25, -0.2) is 0 Å². The third-order valence-electron chi connectivity index (χ3n) is 3.29. The van der Waals surface area contributed by atoms with Crippen molar-refractivity contribution in [3.63, 3.8) is 0 Å². The summed E-state index contributed by atoms with van der Waals surface area (Å²) < 4.78 is 11.2. The van der Waals surface area contributed by atoms with Crippen LogP contribution in [0.3, 0.4) is 0 Å². The molecule has 0 atom stereocenters. The van der Waals surface area contributed by atoms with Crippen LogP contribution in [0.25, 0.3) is 0 Å². The van der Waals surface area contributed by atoms with Gasteiger partial charge >= 0.3 is 0 Å². The Balaban J connectivity index is 1.74. The Bertz CT molecular complexity index is 490. The van der Waals surface area contributed by atoms with E-state index in [9.17, 15) is 0 Å². The molecule has 1 heterocycles. The van der Waals surface area contributed by atoms with Crippen molar-refractivity contribution in [2.75, 3.05) is 26.2 Å². The fourth-order valence-corrected chi connectivity index (χ4v) is 2.50. The number of nitrogens with zero attached hydrogens (tertiary/aromatic N) is 1. The first-order chi connectivity index (χ1) is 10.0. The van der Waals surface area contributed by atoms with E-state index in [4.69, 9.17) is 9.47 Å². The molecule has 0 radical (unpaired) electrons. The lowest BCUT2D eigenvalue weighted by molar-refractivity contribution is 0.237. The average Bonchev–Trinajstić information content (AvgIpc) is 2.92. The molecule has 1 saturated heterocycles. The van der Waals surface area contributed by atoms with E-state index in [1.165, 1.54) is 25.9 Å². The molecule has 3 nitrogen and oxygen atoms in total. The molecule has 0 N–H and O–H groups in total. The van der Waals surface area contributed by atoms with E-state index in [-0.39, 0.29) is 0 Å². The van der Waals surface area contributed by atoms with Crippen molar-refractivity contribution in [2.45, 2.75) is 32.5 Å². The fraction of sp³-hybridized carbons (Fsp3) is 0.529. The molecule has 21 heavy (non-hydrogen) atoms. The lowest BCUT2D eigenvalue weighted by Crippen LogP contribution is -2.25. The molecule has 1 aliphatic heterocycles. The van der Waals surface area contributed by atoms with Crippen molar-refractivity contribution >= 4 is 8.07 Å². The topological polar surface area (TPSA) is 21.7 Å². The third kappa shape index (κ3) is 6.24. The fourth-order valence-electron chi connectivity index (χ4n) is 2.14. The van der Waals surface area contributed by atoms with Crippen LogP contribution >= 0.6 is 0 Å². The third-order valence-corrected chi connectivity index (χ3v) is 4.15. The highest BCUT2D eigenvalue weighted by molar-refractivity contribution is 6.83.